The van der Waals surface area contributed by atoms with Crippen LogP contribution < -0.4 is 10.1 Å². The first-order chi connectivity index (χ1) is 16.5. The summed E-state index contributed by atoms with van der Waals surface area (Å²) in [5.74, 6) is 1.52. The highest BCUT2D eigenvalue weighted by Crippen LogP contribution is 2.25. The van der Waals surface area contributed by atoms with Crippen molar-refractivity contribution in [1.29, 1.82) is 0 Å². The highest BCUT2D eigenvalue weighted by atomic mass is 32.2. The van der Waals surface area contributed by atoms with Crippen LogP contribution in [0.1, 0.15) is 21.5 Å². The summed E-state index contributed by atoms with van der Waals surface area (Å²) >= 11 is 1.85. The van der Waals surface area contributed by atoms with Crippen molar-refractivity contribution in [3.63, 3.8) is 0 Å². The van der Waals surface area contributed by atoms with Crippen molar-refractivity contribution >= 4 is 35.3 Å². The lowest BCUT2D eigenvalue weighted by atomic mass is 10.1. The third-order valence-corrected chi connectivity index (χ3v) is 6.22. The van der Waals surface area contributed by atoms with Crippen molar-refractivity contribution in [3.8, 4) is 11.5 Å². The summed E-state index contributed by atoms with van der Waals surface area (Å²) in [7, 11) is 0. The number of benzene rings is 2. The van der Waals surface area contributed by atoms with Crippen molar-refractivity contribution in [1.82, 2.24) is 9.88 Å². The van der Waals surface area contributed by atoms with E-state index in [9.17, 15) is 14.0 Å². The number of amides is 2. The van der Waals surface area contributed by atoms with Gasteiger partial charge in [-0.2, -0.15) is 11.8 Å². The molecule has 0 unspecified atom stereocenters. The van der Waals surface area contributed by atoms with E-state index in [-0.39, 0.29) is 17.6 Å². The third kappa shape index (κ3) is 6.02. The molecule has 4 rings (SSSR count). The van der Waals surface area contributed by atoms with E-state index in [0.29, 0.717) is 22.6 Å². The number of pyridine rings is 1. The Balaban J connectivity index is 1.37. The standard InChI is InChI=1S/C26H24FN3O3S/c1-18-15-20(26(32)30-11-13-34-14-12-30)6-7-23(18)29-25(31)9-5-19-4-8-24(22(27)16-19)33-21-3-2-10-28-17-21/h2-10,15-17H,11-14H2,1H3,(H,29,31)/b9-5+. The lowest BCUT2D eigenvalue weighted by Gasteiger charge is -2.26. The zero-order valence-corrected chi connectivity index (χ0v) is 19.5. The van der Waals surface area contributed by atoms with E-state index in [0.717, 1.165) is 30.2 Å². The van der Waals surface area contributed by atoms with Crippen molar-refractivity contribution in [3.05, 3.63) is 89.5 Å². The molecule has 1 aliphatic rings. The van der Waals surface area contributed by atoms with E-state index >= 15 is 0 Å². The Labute approximate surface area is 201 Å². The fourth-order valence-corrected chi connectivity index (χ4v) is 4.37. The van der Waals surface area contributed by atoms with Crippen molar-refractivity contribution in [2.75, 3.05) is 29.9 Å². The van der Waals surface area contributed by atoms with E-state index in [1.54, 1.807) is 42.6 Å². The maximum absolute atomic E-state index is 14.4. The number of nitrogens with zero attached hydrogens (tertiary/aromatic N) is 2. The summed E-state index contributed by atoms with van der Waals surface area (Å²) in [6.45, 7) is 3.35. The molecule has 1 aliphatic heterocycles. The molecule has 0 spiro atoms. The van der Waals surface area contributed by atoms with E-state index in [1.807, 2.05) is 23.6 Å². The Hall–Kier alpha value is -3.65. The number of ether oxygens (including phenoxy) is 1. The first-order valence-corrected chi connectivity index (χ1v) is 12.0. The van der Waals surface area contributed by atoms with Gasteiger partial charge < -0.3 is 15.0 Å². The average molecular weight is 478 g/mol. The predicted molar refractivity (Wildman–Crippen MR) is 133 cm³/mol. The van der Waals surface area contributed by atoms with Crippen LogP contribution in [0.2, 0.25) is 0 Å². The van der Waals surface area contributed by atoms with Gasteiger partial charge in [0.1, 0.15) is 5.75 Å². The quantitative estimate of drug-likeness (QED) is 0.497. The summed E-state index contributed by atoms with van der Waals surface area (Å²) in [6, 6.07) is 13.1. The van der Waals surface area contributed by atoms with Crippen LogP contribution in [0.15, 0.2) is 67.0 Å². The van der Waals surface area contributed by atoms with E-state index in [4.69, 9.17) is 4.74 Å². The van der Waals surface area contributed by atoms with Crippen LogP contribution in [0.3, 0.4) is 0 Å². The third-order valence-electron chi connectivity index (χ3n) is 5.27. The lowest BCUT2D eigenvalue weighted by Crippen LogP contribution is -2.37. The van der Waals surface area contributed by atoms with Crippen LogP contribution in [-0.2, 0) is 4.79 Å². The summed E-state index contributed by atoms with van der Waals surface area (Å²) in [5.41, 5.74) is 2.54. The molecular formula is C26H24FN3O3S. The van der Waals surface area contributed by atoms with Gasteiger partial charge in [-0.05, 0) is 66.6 Å². The van der Waals surface area contributed by atoms with Gasteiger partial charge >= 0.3 is 0 Å². The first-order valence-electron chi connectivity index (χ1n) is 10.8. The Bertz CT molecular complexity index is 1210. The van der Waals surface area contributed by atoms with Crippen LogP contribution in [0.25, 0.3) is 6.08 Å². The maximum atomic E-state index is 14.4. The van der Waals surface area contributed by atoms with Gasteiger partial charge in [0, 0.05) is 48.1 Å². The van der Waals surface area contributed by atoms with E-state index in [1.165, 1.54) is 30.5 Å². The molecule has 2 amide bonds. The Kier molecular flexibility index (Phi) is 7.59. The average Bonchev–Trinajstić information content (AvgIpc) is 2.86. The SMILES string of the molecule is Cc1cc(C(=O)N2CCSCC2)ccc1NC(=O)/C=C/c1ccc(Oc2cccnc2)c(F)c1. The number of hydrogen-bond donors (Lipinski definition) is 1. The maximum Gasteiger partial charge on any atom is 0.253 e. The fourth-order valence-electron chi connectivity index (χ4n) is 3.47. The number of carbonyl (C=O) groups is 2. The molecule has 0 bridgehead atoms. The number of anilines is 1. The summed E-state index contributed by atoms with van der Waals surface area (Å²) in [4.78, 5) is 30.9. The number of rotatable bonds is 6. The topological polar surface area (TPSA) is 71.5 Å². The van der Waals surface area contributed by atoms with Gasteiger partial charge in [0.25, 0.3) is 5.91 Å². The molecule has 3 aromatic rings. The van der Waals surface area contributed by atoms with Crippen LogP contribution in [0.5, 0.6) is 11.5 Å². The van der Waals surface area contributed by atoms with Crippen LogP contribution in [0, 0.1) is 12.7 Å². The van der Waals surface area contributed by atoms with Gasteiger partial charge in [0.05, 0.1) is 6.20 Å². The van der Waals surface area contributed by atoms with Gasteiger partial charge in [-0.1, -0.05) is 6.07 Å². The molecule has 174 valence electrons. The lowest BCUT2D eigenvalue weighted by molar-refractivity contribution is -0.111. The summed E-state index contributed by atoms with van der Waals surface area (Å²) < 4.78 is 19.9. The smallest absolute Gasteiger partial charge is 0.253 e. The highest BCUT2D eigenvalue weighted by Gasteiger charge is 2.19. The molecular weight excluding hydrogens is 453 g/mol. The number of thioether (sulfide) groups is 1. The molecule has 0 saturated carbocycles. The highest BCUT2D eigenvalue weighted by molar-refractivity contribution is 7.99. The zero-order valence-electron chi connectivity index (χ0n) is 18.7. The molecule has 0 radical (unpaired) electrons. The molecule has 8 heteroatoms. The van der Waals surface area contributed by atoms with Crippen molar-refractivity contribution in [2.45, 2.75) is 6.92 Å². The second kappa shape index (κ2) is 11.0. The van der Waals surface area contributed by atoms with Gasteiger partial charge in [0.2, 0.25) is 5.91 Å². The molecule has 0 atom stereocenters. The van der Waals surface area contributed by atoms with Gasteiger partial charge in [-0.3, -0.25) is 14.6 Å². The second-order valence-corrected chi connectivity index (χ2v) is 8.96. The number of nitrogens with one attached hydrogen (secondary N) is 1. The van der Waals surface area contributed by atoms with Crippen LogP contribution in [0.4, 0.5) is 10.1 Å². The minimum Gasteiger partial charge on any atom is -0.453 e. The molecule has 6 nitrogen and oxygen atoms in total. The minimum atomic E-state index is -0.546. The van der Waals surface area contributed by atoms with Crippen molar-refractivity contribution < 1.29 is 18.7 Å². The summed E-state index contributed by atoms with van der Waals surface area (Å²) in [6.07, 6.45) is 5.95. The molecule has 2 aromatic carbocycles. The number of hydrogen-bond acceptors (Lipinski definition) is 5. The number of aryl methyl sites for hydroxylation is 1. The summed E-state index contributed by atoms with van der Waals surface area (Å²) in [5, 5.41) is 2.81. The van der Waals surface area contributed by atoms with E-state index in [2.05, 4.69) is 10.3 Å². The fraction of sp³-hybridized carbons (Fsp3) is 0.192. The number of aromatic nitrogens is 1. The molecule has 34 heavy (non-hydrogen) atoms. The molecule has 1 aromatic heterocycles. The Morgan fingerprint density at radius 3 is 2.68 bits per heavy atom. The van der Waals surface area contributed by atoms with Crippen LogP contribution in [-0.4, -0.2) is 46.3 Å². The molecule has 0 aliphatic carbocycles. The number of carbonyl (C=O) groups excluding carboxylic acids is 2. The van der Waals surface area contributed by atoms with Gasteiger partial charge in [-0.15, -0.1) is 0 Å². The predicted octanol–water partition coefficient (Wildman–Crippen LogP) is 5.16. The number of halogens is 1. The van der Waals surface area contributed by atoms with Crippen molar-refractivity contribution in [2.24, 2.45) is 0 Å². The van der Waals surface area contributed by atoms with E-state index < -0.39 is 5.82 Å². The van der Waals surface area contributed by atoms with Crippen LogP contribution >= 0.6 is 11.8 Å². The largest absolute Gasteiger partial charge is 0.453 e. The Morgan fingerprint density at radius 1 is 1.15 bits per heavy atom. The normalized spacial score (nSPS) is 13.6. The molecule has 2 heterocycles. The monoisotopic (exact) mass is 477 g/mol. The zero-order chi connectivity index (χ0) is 23.9. The van der Waals surface area contributed by atoms with Gasteiger partial charge in [-0.25, -0.2) is 4.39 Å². The second-order valence-electron chi connectivity index (χ2n) is 7.74. The van der Waals surface area contributed by atoms with Gasteiger partial charge in [0.15, 0.2) is 11.6 Å². The first kappa shape index (κ1) is 23.5. The molecule has 1 N–H and O–H groups in total. The molecule has 1 fully saturated rings. The molecule has 1 saturated heterocycles. The Morgan fingerprint density at radius 2 is 1.97 bits per heavy atom. The minimum absolute atomic E-state index is 0.0131.